The molecule has 1 atom stereocenters. The smallest absolute Gasteiger partial charge is 0.236 e. The number of amides is 1. The van der Waals surface area contributed by atoms with E-state index in [1.54, 1.807) is 0 Å². The summed E-state index contributed by atoms with van der Waals surface area (Å²) in [5.74, 6) is 0.628. The van der Waals surface area contributed by atoms with Crippen molar-refractivity contribution in [2.24, 2.45) is 5.92 Å². The van der Waals surface area contributed by atoms with Crippen LogP contribution in [-0.4, -0.2) is 48.4 Å². The minimum absolute atomic E-state index is 0.0126. The average Bonchev–Trinajstić information content (AvgIpc) is 2.82. The molecule has 0 aliphatic carbocycles. The fourth-order valence-electron chi connectivity index (χ4n) is 2.95. The van der Waals surface area contributed by atoms with Gasteiger partial charge in [-0.2, -0.15) is 5.26 Å². The molecule has 94 valence electrons. The van der Waals surface area contributed by atoms with Crippen LogP contribution in [0.4, 0.5) is 0 Å². The molecule has 0 N–H and O–H groups in total. The molecule has 17 heavy (non-hydrogen) atoms. The second-order valence-electron chi connectivity index (χ2n) is 5.19. The molecule has 2 aliphatic heterocycles. The van der Waals surface area contributed by atoms with Gasteiger partial charge in [0.05, 0.1) is 6.07 Å². The number of rotatable bonds is 3. The molecule has 2 saturated heterocycles. The zero-order valence-electron chi connectivity index (χ0n) is 10.4. The summed E-state index contributed by atoms with van der Waals surface area (Å²) in [6.07, 6.45) is 5.01. The Kier molecular flexibility index (Phi) is 4.38. The summed E-state index contributed by atoms with van der Waals surface area (Å²) in [5.41, 5.74) is 0. The van der Waals surface area contributed by atoms with Gasteiger partial charge in [0.1, 0.15) is 6.42 Å². The molecule has 0 aromatic rings. The van der Waals surface area contributed by atoms with E-state index in [0.717, 1.165) is 26.1 Å². The number of hydrogen-bond donors (Lipinski definition) is 0. The first-order chi connectivity index (χ1) is 8.29. The molecule has 0 unspecified atom stereocenters. The highest BCUT2D eigenvalue weighted by Crippen LogP contribution is 2.20. The molecule has 0 saturated carbocycles. The lowest BCUT2D eigenvalue weighted by molar-refractivity contribution is -0.132. The van der Waals surface area contributed by atoms with Crippen molar-refractivity contribution < 1.29 is 4.79 Å². The predicted molar refractivity (Wildman–Crippen MR) is 65.2 cm³/mol. The van der Waals surface area contributed by atoms with Gasteiger partial charge in [0.2, 0.25) is 5.91 Å². The number of piperidine rings is 1. The largest absolute Gasteiger partial charge is 0.341 e. The van der Waals surface area contributed by atoms with Crippen molar-refractivity contribution in [3.63, 3.8) is 0 Å². The van der Waals surface area contributed by atoms with Gasteiger partial charge in [0, 0.05) is 19.6 Å². The molecular formula is C13H21N3O. The van der Waals surface area contributed by atoms with Crippen molar-refractivity contribution in [1.82, 2.24) is 9.80 Å². The lowest BCUT2D eigenvalue weighted by Crippen LogP contribution is -2.43. The number of hydrogen-bond acceptors (Lipinski definition) is 3. The molecule has 2 fully saturated rings. The lowest BCUT2D eigenvalue weighted by Gasteiger charge is -2.34. The average molecular weight is 235 g/mol. The predicted octanol–water partition coefficient (Wildman–Crippen LogP) is 1.23. The maximum absolute atomic E-state index is 11.7. The van der Waals surface area contributed by atoms with Gasteiger partial charge >= 0.3 is 0 Å². The number of carbonyl (C=O) groups excluding carboxylic acids is 1. The Morgan fingerprint density at radius 1 is 1.24 bits per heavy atom. The number of nitrogens with zero attached hydrogens (tertiary/aromatic N) is 3. The highest BCUT2D eigenvalue weighted by molar-refractivity contribution is 5.78. The van der Waals surface area contributed by atoms with Crippen LogP contribution in [0.15, 0.2) is 0 Å². The van der Waals surface area contributed by atoms with Crippen LogP contribution >= 0.6 is 0 Å². The Bertz CT molecular complexity index is 304. The highest BCUT2D eigenvalue weighted by Gasteiger charge is 2.25. The van der Waals surface area contributed by atoms with Gasteiger partial charge in [-0.05, 0) is 44.7 Å². The normalized spacial score (nSPS) is 25.8. The summed E-state index contributed by atoms with van der Waals surface area (Å²) in [5, 5.41) is 8.56. The monoisotopic (exact) mass is 235 g/mol. The Labute approximate surface area is 103 Å². The maximum atomic E-state index is 11.7. The molecule has 1 amide bonds. The van der Waals surface area contributed by atoms with Gasteiger partial charge in [-0.1, -0.05) is 0 Å². The van der Waals surface area contributed by atoms with Gasteiger partial charge in [0.25, 0.3) is 0 Å². The van der Waals surface area contributed by atoms with E-state index in [2.05, 4.69) is 4.90 Å². The summed E-state index contributed by atoms with van der Waals surface area (Å²) in [6, 6.07) is 1.95. The minimum Gasteiger partial charge on any atom is -0.341 e. The van der Waals surface area contributed by atoms with E-state index in [-0.39, 0.29) is 12.3 Å². The van der Waals surface area contributed by atoms with Crippen LogP contribution in [0.25, 0.3) is 0 Å². The van der Waals surface area contributed by atoms with Crippen molar-refractivity contribution in [3.05, 3.63) is 0 Å². The van der Waals surface area contributed by atoms with Crippen molar-refractivity contribution >= 4 is 5.91 Å². The van der Waals surface area contributed by atoms with Gasteiger partial charge in [-0.3, -0.25) is 4.79 Å². The first kappa shape index (κ1) is 12.4. The van der Waals surface area contributed by atoms with Crippen LogP contribution in [0, 0.1) is 17.2 Å². The Balaban J connectivity index is 1.80. The summed E-state index contributed by atoms with van der Waals surface area (Å²) >= 11 is 0. The highest BCUT2D eigenvalue weighted by atomic mass is 16.2. The quantitative estimate of drug-likeness (QED) is 0.739. The molecule has 4 nitrogen and oxygen atoms in total. The van der Waals surface area contributed by atoms with Crippen LogP contribution in [0.2, 0.25) is 0 Å². The molecule has 0 aromatic carbocycles. The van der Waals surface area contributed by atoms with Crippen molar-refractivity contribution in [3.8, 4) is 6.07 Å². The first-order valence-corrected chi connectivity index (χ1v) is 6.66. The van der Waals surface area contributed by atoms with Gasteiger partial charge in [-0.15, -0.1) is 0 Å². The molecule has 2 aliphatic rings. The topological polar surface area (TPSA) is 47.3 Å². The summed E-state index contributed by atoms with van der Waals surface area (Å²) in [7, 11) is 0. The van der Waals surface area contributed by atoms with E-state index in [0.29, 0.717) is 5.92 Å². The summed E-state index contributed by atoms with van der Waals surface area (Å²) in [4.78, 5) is 16.1. The van der Waals surface area contributed by atoms with Crippen molar-refractivity contribution in [2.45, 2.75) is 32.1 Å². The summed E-state index contributed by atoms with van der Waals surface area (Å²) in [6.45, 7) is 5.29. The van der Waals surface area contributed by atoms with Crippen molar-refractivity contribution in [2.75, 3.05) is 32.7 Å². The van der Waals surface area contributed by atoms with Crippen LogP contribution in [0.1, 0.15) is 32.1 Å². The second-order valence-corrected chi connectivity index (χ2v) is 5.19. The van der Waals surface area contributed by atoms with E-state index < -0.39 is 0 Å². The van der Waals surface area contributed by atoms with Crippen LogP contribution in [-0.2, 0) is 4.79 Å². The van der Waals surface area contributed by atoms with Crippen LogP contribution in [0.5, 0.6) is 0 Å². The number of carbonyl (C=O) groups is 1. The van der Waals surface area contributed by atoms with E-state index in [1.807, 2.05) is 11.0 Å². The van der Waals surface area contributed by atoms with Crippen LogP contribution in [0.3, 0.4) is 0 Å². The molecule has 0 bridgehead atoms. The van der Waals surface area contributed by atoms with Gasteiger partial charge < -0.3 is 9.80 Å². The third kappa shape index (κ3) is 3.44. The van der Waals surface area contributed by atoms with Gasteiger partial charge in [-0.25, -0.2) is 0 Å². The number of likely N-dealkylation sites (tertiary alicyclic amines) is 2. The first-order valence-electron chi connectivity index (χ1n) is 6.66. The van der Waals surface area contributed by atoms with E-state index in [4.69, 9.17) is 5.26 Å². The Morgan fingerprint density at radius 3 is 2.71 bits per heavy atom. The Hall–Kier alpha value is -1.08. The molecule has 4 heteroatoms. The minimum atomic E-state index is 0.0126. The second kappa shape index (κ2) is 6.02. The number of nitriles is 1. The zero-order chi connectivity index (χ0) is 12.1. The fraction of sp³-hybridized carbons (Fsp3) is 0.846. The summed E-state index contributed by atoms with van der Waals surface area (Å²) < 4.78 is 0. The molecule has 0 radical (unpaired) electrons. The molecule has 2 rings (SSSR count). The Morgan fingerprint density at radius 2 is 2.00 bits per heavy atom. The van der Waals surface area contributed by atoms with E-state index in [1.165, 1.54) is 32.4 Å². The zero-order valence-corrected chi connectivity index (χ0v) is 10.4. The molecule has 0 spiro atoms. The van der Waals surface area contributed by atoms with Gasteiger partial charge in [0.15, 0.2) is 0 Å². The maximum Gasteiger partial charge on any atom is 0.236 e. The van der Waals surface area contributed by atoms with E-state index in [9.17, 15) is 4.79 Å². The molecule has 2 heterocycles. The SMILES string of the molecule is N#CCC(=O)N1CCC[C@@H](CN2CCCC2)C1. The van der Waals surface area contributed by atoms with Crippen LogP contribution < -0.4 is 0 Å². The third-order valence-electron chi connectivity index (χ3n) is 3.82. The molecular weight excluding hydrogens is 214 g/mol. The van der Waals surface area contributed by atoms with Crippen molar-refractivity contribution in [1.29, 1.82) is 5.26 Å². The fourth-order valence-corrected chi connectivity index (χ4v) is 2.95. The standard InChI is InChI=1S/C13H21N3O/c14-6-5-13(17)16-9-3-4-12(11-16)10-15-7-1-2-8-15/h12H,1-5,7-11H2/t12-/m0/s1. The third-order valence-corrected chi connectivity index (χ3v) is 3.82. The van der Waals surface area contributed by atoms with E-state index >= 15 is 0 Å². The molecule has 0 aromatic heterocycles. The lowest BCUT2D eigenvalue weighted by atomic mass is 9.97.